The first-order chi connectivity index (χ1) is 10.7. The van der Waals surface area contributed by atoms with E-state index in [0.717, 1.165) is 16.5 Å². The minimum absolute atomic E-state index is 0.0851. The number of aromatic nitrogens is 1. The Balaban J connectivity index is 2.85. The van der Waals surface area contributed by atoms with E-state index in [4.69, 9.17) is 5.11 Å². The summed E-state index contributed by atoms with van der Waals surface area (Å²) in [6.45, 7) is 8.50. The van der Waals surface area contributed by atoms with E-state index in [0.29, 0.717) is 18.5 Å². The lowest BCUT2D eigenvalue weighted by Gasteiger charge is -2.22. The summed E-state index contributed by atoms with van der Waals surface area (Å²) in [4.78, 5) is 11.5. The molecule has 2 aromatic rings. The van der Waals surface area contributed by atoms with E-state index in [1.807, 2.05) is 31.5 Å². The summed E-state index contributed by atoms with van der Waals surface area (Å²) in [5.41, 5.74) is 2.56. The van der Waals surface area contributed by atoms with Gasteiger partial charge in [0.2, 0.25) is 0 Å². The Labute approximate surface area is 136 Å². The Morgan fingerprint density at radius 3 is 2.43 bits per heavy atom. The van der Waals surface area contributed by atoms with Crippen molar-refractivity contribution in [2.45, 2.75) is 52.2 Å². The summed E-state index contributed by atoms with van der Waals surface area (Å²) in [5, 5.41) is 29.4. The smallest absolute Gasteiger partial charge is 0.335 e. The number of fused-ring (bicyclic) bond motifs is 1. The van der Waals surface area contributed by atoms with Gasteiger partial charge in [-0.25, -0.2) is 4.79 Å². The molecule has 5 heteroatoms. The van der Waals surface area contributed by atoms with Crippen LogP contribution in [0.5, 0.6) is 0 Å². The summed E-state index contributed by atoms with van der Waals surface area (Å²) in [6, 6.07) is 3.34. The van der Waals surface area contributed by atoms with E-state index < -0.39 is 12.1 Å². The third-order valence-electron chi connectivity index (χ3n) is 4.07. The summed E-state index contributed by atoms with van der Waals surface area (Å²) < 4.78 is 2.01. The van der Waals surface area contributed by atoms with Crippen LogP contribution in [0.15, 0.2) is 18.3 Å². The second kappa shape index (κ2) is 6.34. The molecule has 1 unspecified atom stereocenters. The van der Waals surface area contributed by atoms with E-state index in [2.05, 4.69) is 0 Å². The van der Waals surface area contributed by atoms with Crippen molar-refractivity contribution in [3.8, 4) is 0 Å². The van der Waals surface area contributed by atoms with Gasteiger partial charge in [0.1, 0.15) is 0 Å². The van der Waals surface area contributed by atoms with Crippen molar-refractivity contribution in [1.82, 2.24) is 4.57 Å². The Morgan fingerprint density at radius 2 is 1.96 bits per heavy atom. The lowest BCUT2D eigenvalue weighted by molar-refractivity contribution is 0.0697. The molecule has 1 heterocycles. The zero-order valence-corrected chi connectivity index (χ0v) is 14.1. The van der Waals surface area contributed by atoms with Crippen LogP contribution in [0, 0.1) is 0 Å². The van der Waals surface area contributed by atoms with Gasteiger partial charge in [0.25, 0.3) is 0 Å². The molecule has 0 spiro atoms. The van der Waals surface area contributed by atoms with Crippen molar-refractivity contribution >= 4 is 16.9 Å². The maximum Gasteiger partial charge on any atom is 0.335 e. The number of rotatable bonds is 5. The number of aryl methyl sites for hydroxylation is 1. The monoisotopic (exact) mass is 319 g/mol. The fourth-order valence-electron chi connectivity index (χ4n) is 2.91. The van der Waals surface area contributed by atoms with Gasteiger partial charge in [-0.1, -0.05) is 20.8 Å². The maximum absolute atomic E-state index is 11.5. The van der Waals surface area contributed by atoms with E-state index >= 15 is 0 Å². The minimum atomic E-state index is -0.975. The van der Waals surface area contributed by atoms with E-state index in [9.17, 15) is 15.0 Å². The predicted octanol–water partition coefficient (Wildman–Crippen LogP) is 3.07. The van der Waals surface area contributed by atoms with E-state index in [-0.39, 0.29) is 17.6 Å². The first-order valence-electron chi connectivity index (χ1n) is 7.86. The van der Waals surface area contributed by atoms with Gasteiger partial charge in [-0.2, -0.15) is 0 Å². The van der Waals surface area contributed by atoms with Crippen molar-refractivity contribution in [1.29, 1.82) is 0 Å². The van der Waals surface area contributed by atoms with Crippen LogP contribution >= 0.6 is 0 Å². The van der Waals surface area contributed by atoms with E-state index in [1.165, 1.54) is 0 Å². The van der Waals surface area contributed by atoms with Crippen molar-refractivity contribution in [2.75, 3.05) is 6.61 Å². The Morgan fingerprint density at radius 1 is 1.30 bits per heavy atom. The Bertz CT molecular complexity index is 723. The molecule has 0 bridgehead atoms. The Hall–Kier alpha value is -1.85. The third kappa shape index (κ3) is 3.41. The molecule has 0 fully saturated rings. The number of carboxylic acid groups (broad SMARTS) is 1. The molecule has 0 saturated heterocycles. The molecule has 0 saturated carbocycles. The number of carbonyl (C=O) groups is 1. The van der Waals surface area contributed by atoms with Crippen LogP contribution in [-0.4, -0.2) is 32.5 Å². The summed E-state index contributed by atoms with van der Waals surface area (Å²) in [5.74, 6) is -0.975. The topological polar surface area (TPSA) is 82.7 Å². The molecule has 2 rings (SSSR count). The van der Waals surface area contributed by atoms with Crippen LogP contribution in [0.4, 0.5) is 0 Å². The number of hydrogen-bond donors (Lipinski definition) is 3. The molecule has 0 aliphatic carbocycles. The molecule has 1 aromatic heterocycles. The van der Waals surface area contributed by atoms with Crippen LogP contribution in [-0.2, 0) is 12.0 Å². The second-order valence-corrected chi connectivity index (χ2v) is 7.01. The van der Waals surface area contributed by atoms with Crippen molar-refractivity contribution in [2.24, 2.45) is 0 Å². The van der Waals surface area contributed by atoms with E-state index in [1.54, 1.807) is 19.1 Å². The molecule has 126 valence electrons. The summed E-state index contributed by atoms with van der Waals surface area (Å²) in [6.07, 6.45) is 1.78. The number of aliphatic hydroxyl groups excluding tert-OH is 2. The number of hydrogen-bond acceptors (Lipinski definition) is 3. The van der Waals surface area contributed by atoms with Gasteiger partial charge >= 0.3 is 5.97 Å². The van der Waals surface area contributed by atoms with Crippen molar-refractivity contribution < 1.29 is 20.1 Å². The molecular formula is C18H25NO4. The number of aromatic carboxylic acids is 1. The molecule has 23 heavy (non-hydrogen) atoms. The highest BCUT2D eigenvalue weighted by Gasteiger charge is 2.24. The number of aliphatic hydroxyl groups is 2. The number of benzene rings is 1. The SMILES string of the molecule is CC(O)c1cn(CCCO)c2c(C(C)(C)C)cc(C(=O)O)cc12. The predicted molar refractivity (Wildman–Crippen MR) is 89.9 cm³/mol. The highest BCUT2D eigenvalue weighted by atomic mass is 16.4. The third-order valence-corrected chi connectivity index (χ3v) is 4.07. The molecule has 3 N–H and O–H groups in total. The molecule has 0 radical (unpaired) electrons. The minimum Gasteiger partial charge on any atom is -0.478 e. The van der Waals surface area contributed by atoms with Crippen LogP contribution in [0.1, 0.15) is 61.7 Å². The lowest BCUT2D eigenvalue weighted by Crippen LogP contribution is -2.15. The van der Waals surface area contributed by atoms with Gasteiger partial charge in [0.05, 0.1) is 17.2 Å². The molecule has 0 aliphatic heterocycles. The standard InChI is InChI=1S/C18H25NO4/c1-11(21)14-10-19(6-5-7-20)16-13(14)8-12(17(22)23)9-15(16)18(2,3)4/h8-11,20-21H,5-7H2,1-4H3,(H,22,23). The lowest BCUT2D eigenvalue weighted by atomic mass is 9.84. The van der Waals surface area contributed by atoms with Gasteiger partial charge in [-0.15, -0.1) is 0 Å². The fraction of sp³-hybridized carbons (Fsp3) is 0.500. The fourth-order valence-corrected chi connectivity index (χ4v) is 2.91. The highest BCUT2D eigenvalue weighted by molar-refractivity contribution is 5.97. The van der Waals surface area contributed by atoms with Crippen molar-refractivity contribution in [3.05, 3.63) is 35.0 Å². The summed E-state index contributed by atoms with van der Waals surface area (Å²) >= 11 is 0. The van der Waals surface area contributed by atoms with Gasteiger partial charge in [0, 0.05) is 30.3 Å². The highest BCUT2D eigenvalue weighted by Crippen LogP contribution is 2.36. The van der Waals surface area contributed by atoms with Gasteiger partial charge in [-0.05, 0) is 36.5 Å². The molecular weight excluding hydrogens is 294 g/mol. The van der Waals surface area contributed by atoms with Gasteiger partial charge in [-0.3, -0.25) is 0 Å². The van der Waals surface area contributed by atoms with Crippen LogP contribution < -0.4 is 0 Å². The number of carboxylic acids is 1. The van der Waals surface area contributed by atoms with Gasteiger partial charge in [0.15, 0.2) is 0 Å². The number of nitrogens with zero attached hydrogens (tertiary/aromatic N) is 1. The molecule has 5 nitrogen and oxygen atoms in total. The largest absolute Gasteiger partial charge is 0.478 e. The first-order valence-corrected chi connectivity index (χ1v) is 7.86. The summed E-state index contributed by atoms with van der Waals surface area (Å²) in [7, 11) is 0. The average molecular weight is 319 g/mol. The second-order valence-electron chi connectivity index (χ2n) is 7.01. The van der Waals surface area contributed by atoms with Crippen LogP contribution in [0.3, 0.4) is 0 Å². The average Bonchev–Trinajstić information content (AvgIpc) is 2.81. The van der Waals surface area contributed by atoms with Crippen LogP contribution in [0.2, 0.25) is 0 Å². The quantitative estimate of drug-likeness (QED) is 0.791. The Kier molecular flexibility index (Phi) is 4.82. The maximum atomic E-state index is 11.5. The zero-order chi connectivity index (χ0) is 17.4. The molecule has 1 atom stereocenters. The normalized spacial score (nSPS) is 13.5. The molecule has 0 aliphatic rings. The zero-order valence-electron chi connectivity index (χ0n) is 14.1. The molecule has 0 amide bonds. The molecule has 1 aromatic carbocycles. The van der Waals surface area contributed by atoms with Crippen LogP contribution in [0.25, 0.3) is 10.9 Å². The van der Waals surface area contributed by atoms with Gasteiger partial charge < -0.3 is 19.9 Å². The van der Waals surface area contributed by atoms with Crippen molar-refractivity contribution in [3.63, 3.8) is 0 Å². The first kappa shape index (κ1) is 17.5.